The number of carbonyl (C=O) groups excluding carboxylic acids is 2. The average molecular weight is 545 g/mol. The van der Waals surface area contributed by atoms with Crippen LogP contribution in [0.2, 0.25) is 0 Å². The first-order valence-electron chi connectivity index (χ1n) is 12.3. The van der Waals surface area contributed by atoms with Crippen LogP contribution in [0.1, 0.15) is 33.3 Å². The Hall–Kier alpha value is -5.16. The van der Waals surface area contributed by atoms with Crippen molar-refractivity contribution in [2.24, 2.45) is 0 Å². The third-order valence-electron chi connectivity index (χ3n) is 6.30. The van der Waals surface area contributed by atoms with Crippen molar-refractivity contribution in [3.05, 3.63) is 108 Å². The number of aromatic nitrogens is 3. The highest BCUT2D eigenvalue weighted by molar-refractivity contribution is 6.18. The number of amides is 1. The molecular formula is C29H24F2N5O4+. The Balaban J connectivity index is 1.40. The normalized spacial score (nSPS) is 11.8. The zero-order chi connectivity index (χ0) is 28.4. The van der Waals surface area contributed by atoms with E-state index >= 15 is 4.39 Å². The number of nitrogens with zero attached hydrogens (tertiary/aromatic N) is 2. The van der Waals surface area contributed by atoms with Gasteiger partial charge in [-0.1, -0.05) is 0 Å². The molecule has 5 N–H and O–H groups in total. The van der Waals surface area contributed by atoms with Crippen molar-refractivity contribution in [1.29, 1.82) is 0 Å². The highest BCUT2D eigenvalue weighted by atomic mass is 19.1. The maximum Gasteiger partial charge on any atom is 0.325 e. The van der Waals surface area contributed by atoms with Gasteiger partial charge < -0.3 is 20.7 Å². The number of pyridine rings is 2. The third kappa shape index (κ3) is 5.09. The molecule has 0 aliphatic heterocycles. The minimum Gasteiger partial charge on any atom is -0.394 e. The first-order valence-corrected chi connectivity index (χ1v) is 12.3. The van der Waals surface area contributed by atoms with Crippen molar-refractivity contribution in [3.8, 4) is 11.3 Å². The van der Waals surface area contributed by atoms with Crippen LogP contribution in [0.3, 0.4) is 0 Å². The summed E-state index contributed by atoms with van der Waals surface area (Å²) in [6.45, 7) is 1.64. The van der Waals surface area contributed by atoms with Gasteiger partial charge in [-0.15, -0.1) is 0 Å². The number of nitrogens with one attached hydrogen (secondary N) is 3. The minimum absolute atomic E-state index is 0.0611. The minimum atomic E-state index is -0.865. The first kappa shape index (κ1) is 26.4. The number of hydrogen-bond donors (Lipinski definition) is 5. The Morgan fingerprint density at radius 1 is 1.05 bits per heavy atom. The van der Waals surface area contributed by atoms with E-state index in [1.807, 2.05) is 0 Å². The number of halogens is 2. The summed E-state index contributed by atoms with van der Waals surface area (Å²) in [6, 6.07) is 14.8. The van der Waals surface area contributed by atoms with E-state index in [2.05, 4.69) is 20.6 Å². The molecule has 40 heavy (non-hydrogen) atoms. The fourth-order valence-electron chi connectivity index (χ4n) is 4.30. The second-order valence-corrected chi connectivity index (χ2v) is 9.11. The molecule has 3 aromatic heterocycles. The number of hydrogen-bond acceptors (Lipinski definition) is 6. The van der Waals surface area contributed by atoms with Gasteiger partial charge in [0.25, 0.3) is 5.69 Å². The second-order valence-electron chi connectivity index (χ2n) is 9.11. The number of benzene rings is 2. The summed E-state index contributed by atoms with van der Waals surface area (Å²) in [7, 11) is 0. The predicted molar refractivity (Wildman–Crippen MR) is 143 cm³/mol. The molecule has 2 aromatic carbocycles. The van der Waals surface area contributed by atoms with Crippen molar-refractivity contribution in [1.82, 2.24) is 9.97 Å². The summed E-state index contributed by atoms with van der Waals surface area (Å²) in [5.74, 6) is -2.65. The van der Waals surface area contributed by atoms with E-state index in [1.54, 1.807) is 31.3 Å². The van der Waals surface area contributed by atoms with E-state index in [0.29, 0.717) is 27.0 Å². The predicted octanol–water partition coefficient (Wildman–Crippen LogP) is 4.31. The van der Waals surface area contributed by atoms with Crippen molar-refractivity contribution in [2.75, 3.05) is 17.2 Å². The van der Waals surface area contributed by atoms with Gasteiger partial charge in [-0.3, -0.25) is 14.8 Å². The van der Waals surface area contributed by atoms with Gasteiger partial charge >= 0.3 is 11.6 Å². The molecule has 1 amide bonds. The molecule has 0 saturated carbocycles. The van der Waals surface area contributed by atoms with E-state index in [1.165, 1.54) is 48.7 Å². The molecule has 0 aliphatic carbocycles. The number of aliphatic hydroxyl groups is 1. The molecule has 5 aromatic rings. The summed E-state index contributed by atoms with van der Waals surface area (Å²) in [5, 5.41) is 26.1. The Bertz CT molecular complexity index is 1740. The Morgan fingerprint density at radius 2 is 1.82 bits per heavy atom. The molecule has 0 aliphatic rings. The number of fused-ring (bicyclic) bond motifs is 1. The number of ketones is 1. The SMILES string of the molecule is C[C@H](CO)Nc1ccnc2[nH]cc(C(=O)c3ccc(NC(=O)c4cccc(-c5ccc(F)cc5)[n+]4O)cc3F)c12. The average Bonchev–Trinajstić information content (AvgIpc) is 3.39. The number of aliphatic hydroxyl groups excluding tert-OH is 1. The lowest BCUT2D eigenvalue weighted by Crippen LogP contribution is -2.41. The van der Waals surface area contributed by atoms with Crippen molar-refractivity contribution in [2.45, 2.75) is 13.0 Å². The molecule has 9 nitrogen and oxygen atoms in total. The highest BCUT2D eigenvalue weighted by Gasteiger charge is 2.26. The lowest BCUT2D eigenvalue weighted by Gasteiger charge is -2.14. The van der Waals surface area contributed by atoms with Crippen molar-refractivity contribution in [3.63, 3.8) is 0 Å². The van der Waals surface area contributed by atoms with Gasteiger partial charge in [-0.05, 0) is 61.5 Å². The van der Waals surface area contributed by atoms with Crippen LogP contribution < -0.4 is 15.4 Å². The fraction of sp³-hybridized carbons (Fsp3) is 0.103. The molecule has 0 unspecified atom stereocenters. The molecule has 1 atom stereocenters. The molecule has 0 saturated heterocycles. The molecule has 202 valence electrons. The van der Waals surface area contributed by atoms with Crippen LogP contribution in [0.15, 0.2) is 79.1 Å². The van der Waals surface area contributed by atoms with Gasteiger partial charge in [0.15, 0.2) is 5.78 Å². The standard InChI is InChI=1S/C29H23F2N5O4/c1-16(15-37)34-23-11-12-32-28-26(23)21(14-33-28)27(38)20-10-9-19(13-22(20)31)35-29(39)25-4-2-3-24(36(25)40)17-5-7-18(30)8-6-17/h2-14,16,37,40H,15H2,1H3,(H2,35,38,39)/p+1/t16-/m1/s1. The van der Waals surface area contributed by atoms with E-state index < -0.39 is 23.3 Å². The van der Waals surface area contributed by atoms with Crippen molar-refractivity contribution < 1.29 is 33.4 Å². The summed E-state index contributed by atoms with van der Waals surface area (Å²) < 4.78 is 29.1. The molecule has 0 spiro atoms. The molecule has 0 radical (unpaired) electrons. The van der Waals surface area contributed by atoms with E-state index in [-0.39, 0.29) is 40.9 Å². The number of aromatic amines is 1. The van der Waals surface area contributed by atoms with Gasteiger partial charge in [0.05, 0.1) is 28.7 Å². The molecular weight excluding hydrogens is 520 g/mol. The molecule has 5 rings (SSSR count). The largest absolute Gasteiger partial charge is 0.394 e. The van der Waals surface area contributed by atoms with Crippen LogP contribution in [0.4, 0.5) is 20.2 Å². The van der Waals surface area contributed by atoms with E-state index in [9.17, 15) is 24.3 Å². The maximum absolute atomic E-state index is 15.2. The zero-order valence-electron chi connectivity index (χ0n) is 21.2. The van der Waals surface area contributed by atoms with E-state index in [4.69, 9.17) is 0 Å². The molecule has 3 heterocycles. The fourth-order valence-corrected chi connectivity index (χ4v) is 4.30. The molecule has 0 bridgehead atoms. The summed E-state index contributed by atoms with van der Waals surface area (Å²) in [5.41, 5.74) is 1.57. The highest BCUT2D eigenvalue weighted by Crippen LogP contribution is 2.29. The topological polar surface area (TPSA) is 131 Å². The number of anilines is 2. The van der Waals surface area contributed by atoms with Crippen LogP contribution >= 0.6 is 0 Å². The lowest BCUT2D eigenvalue weighted by molar-refractivity contribution is -0.897. The monoisotopic (exact) mass is 544 g/mol. The summed E-state index contributed by atoms with van der Waals surface area (Å²) in [6.07, 6.45) is 2.99. The van der Waals surface area contributed by atoms with Crippen LogP contribution in [0, 0.1) is 11.6 Å². The van der Waals surface area contributed by atoms with Crippen LogP contribution in [0.25, 0.3) is 22.3 Å². The smallest absolute Gasteiger partial charge is 0.325 e. The van der Waals surface area contributed by atoms with Gasteiger partial charge in [0.2, 0.25) is 0 Å². The quantitative estimate of drug-likeness (QED) is 0.112. The van der Waals surface area contributed by atoms with Gasteiger partial charge in [0.1, 0.15) is 17.3 Å². The van der Waals surface area contributed by atoms with Gasteiger partial charge in [-0.25, -0.2) is 13.8 Å². The van der Waals surface area contributed by atoms with Crippen LogP contribution in [-0.4, -0.2) is 44.6 Å². The van der Waals surface area contributed by atoms with Crippen LogP contribution in [-0.2, 0) is 0 Å². The third-order valence-corrected chi connectivity index (χ3v) is 6.30. The molecule has 11 heteroatoms. The Kier molecular flexibility index (Phi) is 7.21. The maximum atomic E-state index is 15.2. The Labute approximate surface area is 226 Å². The zero-order valence-corrected chi connectivity index (χ0v) is 21.2. The lowest BCUT2D eigenvalue weighted by atomic mass is 10.0. The van der Waals surface area contributed by atoms with Crippen LogP contribution in [0.5, 0.6) is 0 Å². The summed E-state index contributed by atoms with van der Waals surface area (Å²) >= 11 is 0. The summed E-state index contributed by atoms with van der Waals surface area (Å²) in [4.78, 5) is 33.4. The number of carbonyl (C=O) groups is 2. The number of rotatable bonds is 8. The van der Waals surface area contributed by atoms with Gasteiger partial charge in [-0.2, -0.15) is 0 Å². The Morgan fingerprint density at radius 3 is 2.55 bits per heavy atom. The first-order chi connectivity index (χ1) is 19.3. The molecule has 0 fully saturated rings. The van der Waals surface area contributed by atoms with Gasteiger partial charge in [0, 0.05) is 46.7 Å². The van der Waals surface area contributed by atoms with E-state index in [0.717, 1.165) is 6.07 Å². The number of H-pyrrole nitrogens is 1. The van der Waals surface area contributed by atoms with Crippen molar-refractivity contribution >= 4 is 34.1 Å². The second kappa shape index (κ2) is 10.9.